The first kappa shape index (κ1) is 29.6. The minimum atomic E-state index is -4.64. The molecular weight excluding hydrogens is 298 g/mol. The SMILES string of the molecule is O.O=P(O)(O)O.[Ba+2].[C-]#N.[CH2-]C. The Morgan fingerprint density at radius 3 is 1.27 bits per heavy atom. The average molecular weight is 308 g/mol. The fourth-order valence-corrected chi connectivity index (χ4v) is 0. The van der Waals surface area contributed by atoms with Crippen LogP contribution < -0.4 is 0 Å². The number of hydrogen-bond acceptors (Lipinski definition) is 2. The van der Waals surface area contributed by atoms with Gasteiger partial charge in [-0.1, -0.05) is 0 Å². The number of rotatable bonds is 0. The van der Waals surface area contributed by atoms with E-state index in [-0.39, 0.29) is 54.4 Å². The maximum atomic E-state index is 8.88. The monoisotopic (exact) mass is 309 g/mol. The molecular formula is C3H10BaNO5P. The molecule has 0 aromatic rings. The molecule has 0 saturated heterocycles. The van der Waals surface area contributed by atoms with E-state index < -0.39 is 7.82 Å². The zero-order valence-corrected chi connectivity index (χ0v) is 11.4. The number of nitrogens with zero attached hydrogens (tertiary/aromatic N) is 1. The molecule has 11 heavy (non-hydrogen) atoms. The molecule has 8 heteroatoms. The number of hydrogen-bond donors (Lipinski definition) is 3. The fraction of sp³-hybridized carbons (Fsp3) is 0.333. The molecule has 0 saturated carbocycles. The maximum Gasteiger partial charge on any atom is 2.00 e. The van der Waals surface area contributed by atoms with Crippen molar-refractivity contribution in [1.82, 2.24) is 0 Å². The summed E-state index contributed by atoms with van der Waals surface area (Å²) in [6.45, 7) is 9.75. The summed E-state index contributed by atoms with van der Waals surface area (Å²) in [5.74, 6) is 0. The van der Waals surface area contributed by atoms with E-state index in [1.807, 2.05) is 0 Å². The first-order chi connectivity index (χ1) is 4.00. The molecule has 0 aromatic carbocycles. The van der Waals surface area contributed by atoms with Crippen LogP contribution in [0.4, 0.5) is 0 Å². The third-order valence-corrected chi connectivity index (χ3v) is 0. The Balaban J connectivity index is -0.0000000178. The van der Waals surface area contributed by atoms with Gasteiger partial charge in [0.15, 0.2) is 0 Å². The molecule has 0 amide bonds. The average Bonchev–Trinajstić information content (AvgIpc) is 1.72. The van der Waals surface area contributed by atoms with E-state index in [9.17, 15) is 0 Å². The van der Waals surface area contributed by atoms with Gasteiger partial charge >= 0.3 is 56.7 Å². The van der Waals surface area contributed by atoms with E-state index in [4.69, 9.17) is 31.1 Å². The molecule has 0 spiro atoms. The third-order valence-electron chi connectivity index (χ3n) is 0. The van der Waals surface area contributed by atoms with Crippen molar-refractivity contribution in [3.05, 3.63) is 13.5 Å². The molecule has 0 aliphatic heterocycles. The van der Waals surface area contributed by atoms with Crippen LogP contribution in [-0.4, -0.2) is 69.0 Å². The van der Waals surface area contributed by atoms with Crippen LogP contribution >= 0.6 is 7.82 Å². The molecule has 0 bridgehead atoms. The zero-order chi connectivity index (χ0) is 8.50. The molecule has 0 fully saturated rings. The van der Waals surface area contributed by atoms with E-state index in [0.29, 0.717) is 0 Å². The molecule has 0 heterocycles. The molecule has 0 aromatic heterocycles. The molecule has 0 rings (SSSR count). The first-order valence-electron chi connectivity index (χ1n) is 1.71. The van der Waals surface area contributed by atoms with E-state index in [1.54, 1.807) is 6.92 Å². The van der Waals surface area contributed by atoms with Crippen molar-refractivity contribution in [3.63, 3.8) is 0 Å². The Morgan fingerprint density at radius 2 is 1.27 bits per heavy atom. The van der Waals surface area contributed by atoms with Gasteiger partial charge in [0.2, 0.25) is 0 Å². The minimum absolute atomic E-state index is 0. The second kappa shape index (κ2) is 22.5. The quantitative estimate of drug-likeness (QED) is 0.294. The first-order valence-corrected chi connectivity index (χ1v) is 3.28. The fourth-order valence-electron chi connectivity index (χ4n) is 0. The van der Waals surface area contributed by atoms with Crippen LogP contribution in [0, 0.1) is 18.8 Å². The Morgan fingerprint density at radius 1 is 1.27 bits per heavy atom. The summed E-state index contributed by atoms with van der Waals surface area (Å²) < 4.78 is 8.88. The van der Waals surface area contributed by atoms with Crippen LogP contribution in [-0.2, 0) is 4.57 Å². The van der Waals surface area contributed by atoms with Crippen molar-refractivity contribution in [2.75, 3.05) is 0 Å². The Labute approximate surface area is 106 Å². The summed E-state index contributed by atoms with van der Waals surface area (Å²) in [5.41, 5.74) is 0. The van der Waals surface area contributed by atoms with Crippen LogP contribution in [0.3, 0.4) is 0 Å². The summed E-state index contributed by atoms with van der Waals surface area (Å²) in [7, 11) is -4.64. The minimum Gasteiger partial charge on any atom is -0.512 e. The summed E-state index contributed by atoms with van der Waals surface area (Å²) in [6.07, 6.45) is 0. The predicted molar refractivity (Wildman–Crippen MR) is 39.6 cm³/mol. The largest absolute Gasteiger partial charge is 2.00 e. The molecule has 6 nitrogen and oxygen atoms in total. The zero-order valence-electron chi connectivity index (χ0n) is 6.06. The second-order valence-electron chi connectivity index (χ2n) is 0.513. The standard InChI is InChI=1S/C2H5.CN.Ba.H3O4P.H2O/c2*1-2;;1-5(2,3)4;/h1H2,2H3;;;(H3,1,2,3,4);1H2/q2*-1;+2;;. The summed E-state index contributed by atoms with van der Waals surface area (Å²) >= 11 is 0. The molecule has 0 atom stereocenters. The Kier molecular flexibility index (Phi) is 60.4. The topological polar surface area (TPSA) is 133 Å². The molecule has 0 aliphatic rings. The van der Waals surface area contributed by atoms with Gasteiger partial charge in [0.25, 0.3) is 0 Å². The molecule has 64 valence electrons. The van der Waals surface area contributed by atoms with Gasteiger partial charge in [-0.25, -0.2) is 4.57 Å². The van der Waals surface area contributed by atoms with E-state index in [1.165, 1.54) is 0 Å². The summed E-state index contributed by atoms with van der Waals surface area (Å²) in [4.78, 5) is 21.6. The third kappa shape index (κ3) is 725. The summed E-state index contributed by atoms with van der Waals surface area (Å²) in [5, 5.41) is 6.25. The van der Waals surface area contributed by atoms with Gasteiger partial charge in [0.1, 0.15) is 0 Å². The second-order valence-corrected chi connectivity index (χ2v) is 1.54. The molecule has 0 aliphatic carbocycles. The van der Waals surface area contributed by atoms with Crippen LogP contribution in [0.15, 0.2) is 0 Å². The number of phosphoric acid groups is 1. The summed E-state index contributed by atoms with van der Waals surface area (Å²) in [6, 6.07) is 0. The maximum absolute atomic E-state index is 8.88. The van der Waals surface area contributed by atoms with Crippen LogP contribution in [0.1, 0.15) is 6.92 Å². The van der Waals surface area contributed by atoms with Gasteiger partial charge in [-0.15, -0.1) is 0 Å². The van der Waals surface area contributed by atoms with Crippen molar-refractivity contribution < 1.29 is 24.7 Å². The van der Waals surface area contributed by atoms with Crippen LogP contribution in [0.5, 0.6) is 0 Å². The van der Waals surface area contributed by atoms with Crippen molar-refractivity contribution >= 4 is 56.7 Å². The van der Waals surface area contributed by atoms with Crippen molar-refractivity contribution in [1.29, 1.82) is 5.26 Å². The van der Waals surface area contributed by atoms with E-state index >= 15 is 0 Å². The van der Waals surface area contributed by atoms with Crippen molar-refractivity contribution in [2.45, 2.75) is 6.92 Å². The Hall–Kier alpha value is 1.13. The smallest absolute Gasteiger partial charge is 0.512 e. The van der Waals surface area contributed by atoms with Gasteiger partial charge in [-0.2, -0.15) is 6.92 Å². The van der Waals surface area contributed by atoms with Crippen molar-refractivity contribution in [3.8, 4) is 0 Å². The van der Waals surface area contributed by atoms with E-state index in [0.717, 1.165) is 0 Å². The normalized spacial score (nSPS) is 6.09. The predicted octanol–water partition coefficient (Wildman–Crippen LogP) is -1.20. The van der Waals surface area contributed by atoms with Gasteiger partial charge in [0, 0.05) is 0 Å². The molecule has 0 radical (unpaired) electrons. The molecule has 0 unspecified atom stereocenters. The van der Waals surface area contributed by atoms with Gasteiger partial charge < -0.3 is 38.9 Å². The van der Waals surface area contributed by atoms with Gasteiger partial charge in [-0.05, 0) is 0 Å². The van der Waals surface area contributed by atoms with Crippen molar-refractivity contribution in [2.24, 2.45) is 0 Å². The molecule has 5 N–H and O–H groups in total. The van der Waals surface area contributed by atoms with E-state index in [2.05, 4.69) is 6.92 Å². The van der Waals surface area contributed by atoms with Crippen LogP contribution in [0.25, 0.3) is 0 Å². The van der Waals surface area contributed by atoms with Crippen LogP contribution in [0.2, 0.25) is 0 Å². The van der Waals surface area contributed by atoms with Gasteiger partial charge in [0.05, 0.1) is 0 Å². The van der Waals surface area contributed by atoms with Gasteiger partial charge in [-0.3, -0.25) is 0 Å². The Bertz CT molecular complexity index is 92.9.